The van der Waals surface area contributed by atoms with E-state index in [-0.39, 0.29) is 5.91 Å². The molecule has 0 atom stereocenters. The van der Waals surface area contributed by atoms with Gasteiger partial charge in [0.1, 0.15) is 5.82 Å². The molecular weight excluding hydrogens is 340 g/mol. The highest BCUT2D eigenvalue weighted by Crippen LogP contribution is 2.27. The number of hydrogen-bond acceptors (Lipinski definition) is 5. The third-order valence-electron chi connectivity index (χ3n) is 4.83. The van der Waals surface area contributed by atoms with Crippen LogP contribution in [0.5, 0.6) is 0 Å². The van der Waals surface area contributed by atoms with Gasteiger partial charge < -0.3 is 15.1 Å². The summed E-state index contributed by atoms with van der Waals surface area (Å²) in [5, 5.41) is 9.74. The molecule has 0 aliphatic carbocycles. The van der Waals surface area contributed by atoms with Crippen molar-refractivity contribution in [3.63, 3.8) is 0 Å². The number of fused-ring (bicyclic) bond motifs is 2. The van der Waals surface area contributed by atoms with Crippen molar-refractivity contribution in [2.24, 2.45) is 0 Å². The standard InChI is InChI=1S/C20H24N6O/c1-24(2)10-9-22-20(27)18-13-16-14-25(11-12-26(16)23-18)19-17-6-4-3-5-15(17)7-8-21-19/h3-8,13H,9-12,14H2,1-2H3,(H,22,27). The highest BCUT2D eigenvalue weighted by Gasteiger charge is 2.22. The smallest absolute Gasteiger partial charge is 0.271 e. The predicted octanol–water partition coefficient (Wildman–Crippen LogP) is 1.74. The highest BCUT2D eigenvalue weighted by molar-refractivity contribution is 5.93. The lowest BCUT2D eigenvalue weighted by molar-refractivity contribution is 0.0945. The van der Waals surface area contributed by atoms with Crippen LogP contribution in [-0.2, 0) is 13.1 Å². The number of carbonyl (C=O) groups excluding carboxylic acids is 1. The molecule has 0 radical (unpaired) electrons. The number of carbonyl (C=O) groups is 1. The number of pyridine rings is 1. The van der Waals surface area contributed by atoms with Crippen LogP contribution in [0, 0.1) is 0 Å². The molecule has 1 aliphatic heterocycles. The Bertz CT molecular complexity index is 959. The molecule has 0 bridgehead atoms. The van der Waals surface area contributed by atoms with Gasteiger partial charge in [-0.1, -0.05) is 24.3 Å². The zero-order valence-corrected chi connectivity index (χ0v) is 15.7. The Kier molecular flexibility index (Phi) is 4.77. The number of aromatic nitrogens is 3. The van der Waals surface area contributed by atoms with E-state index >= 15 is 0 Å². The van der Waals surface area contributed by atoms with E-state index in [9.17, 15) is 4.79 Å². The Labute approximate surface area is 158 Å². The average molecular weight is 364 g/mol. The molecule has 3 aromatic rings. The maximum Gasteiger partial charge on any atom is 0.271 e. The summed E-state index contributed by atoms with van der Waals surface area (Å²) in [6.07, 6.45) is 1.85. The van der Waals surface area contributed by atoms with Gasteiger partial charge in [0, 0.05) is 31.2 Å². The van der Waals surface area contributed by atoms with Gasteiger partial charge in [0.05, 0.1) is 18.8 Å². The van der Waals surface area contributed by atoms with E-state index in [1.54, 1.807) is 0 Å². The molecule has 7 nitrogen and oxygen atoms in total. The number of anilines is 1. The van der Waals surface area contributed by atoms with Gasteiger partial charge in [-0.15, -0.1) is 0 Å². The van der Waals surface area contributed by atoms with Crippen molar-refractivity contribution < 1.29 is 4.79 Å². The van der Waals surface area contributed by atoms with Crippen LogP contribution in [-0.4, -0.2) is 59.3 Å². The summed E-state index contributed by atoms with van der Waals surface area (Å²) in [6, 6.07) is 12.2. The fourth-order valence-corrected chi connectivity index (χ4v) is 3.40. The van der Waals surface area contributed by atoms with Crippen molar-refractivity contribution >= 4 is 22.5 Å². The third kappa shape index (κ3) is 3.64. The van der Waals surface area contributed by atoms with Crippen LogP contribution in [0.15, 0.2) is 42.6 Å². The summed E-state index contributed by atoms with van der Waals surface area (Å²) in [5.74, 6) is 0.867. The van der Waals surface area contributed by atoms with Gasteiger partial charge in [0.2, 0.25) is 0 Å². The summed E-state index contributed by atoms with van der Waals surface area (Å²) < 4.78 is 1.93. The van der Waals surface area contributed by atoms with Gasteiger partial charge in [-0.2, -0.15) is 5.10 Å². The predicted molar refractivity (Wildman–Crippen MR) is 106 cm³/mol. The molecule has 0 spiro atoms. The molecule has 2 aromatic heterocycles. The number of hydrogen-bond donors (Lipinski definition) is 1. The molecule has 0 fully saturated rings. The molecule has 0 saturated heterocycles. The lowest BCUT2D eigenvalue weighted by Crippen LogP contribution is -2.34. The highest BCUT2D eigenvalue weighted by atomic mass is 16.1. The summed E-state index contributed by atoms with van der Waals surface area (Å²) >= 11 is 0. The zero-order chi connectivity index (χ0) is 18.8. The molecule has 7 heteroatoms. The molecule has 1 N–H and O–H groups in total. The SMILES string of the molecule is CN(C)CCNC(=O)c1cc2n(n1)CCN(c1nccc3ccccc13)C2. The number of nitrogens with zero attached hydrogens (tertiary/aromatic N) is 5. The molecule has 1 aliphatic rings. The Balaban J connectivity index is 1.52. The quantitative estimate of drug-likeness (QED) is 0.747. The van der Waals surface area contributed by atoms with Crippen LogP contribution in [0.2, 0.25) is 0 Å². The molecule has 1 amide bonds. The third-order valence-corrected chi connectivity index (χ3v) is 4.83. The maximum atomic E-state index is 12.3. The van der Waals surface area contributed by atoms with E-state index in [1.165, 1.54) is 5.39 Å². The summed E-state index contributed by atoms with van der Waals surface area (Å²) in [5.41, 5.74) is 1.52. The van der Waals surface area contributed by atoms with Crippen molar-refractivity contribution in [2.45, 2.75) is 13.1 Å². The first-order valence-corrected chi connectivity index (χ1v) is 9.20. The average Bonchev–Trinajstić information content (AvgIpc) is 3.10. The molecular formula is C20H24N6O. The van der Waals surface area contributed by atoms with Crippen LogP contribution in [0.4, 0.5) is 5.82 Å². The lowest BCUT2D eigenvalue weighted by atomic mass is 10.1. The van der Waals surface area contributed by atoms with Crippen LogP contribution in [0.3, 0.4) is 0 Å². The molecule has 4 rings (SSSR count). The molecule has 0 saturated carbocycles. The first kappa shape index (κ1) is 17.5. The van der Waals surface area contributed by atoms with Crippen molar-refractivity contribution in [3.8, 4) is 0 Å². The zero-order valence-electron chi connectivity index (χ0n) is 15.7. The topological polar surface area (TPSA) is 66.3 Å². The Morgan fingerprint density at radius 1 is 1.22 bits per heavy atom. The van der Waals surface area contributed by atoms with Gasteiger partial charge in [-0.3, -0.25) is 9.48 Å². The summed E-state index contributed by atoms with van der Waals surface area (Å²) in [6.45, 7) is 3.67. The monoisotopic (exact) mass is 364 g/mol. The first-order valence-electron chi connectivity index (χ1n) is 9.20. The second-order valence-corrected chi connectivity index (χ2v) is 7.08. The van der Waals surface area contributed by atoms with Gasteiger partial charge in [0.25, 0.3) is 5.91 Å². The van der Waals surface area contributed by atoms with E-state index in [1.807, 2.05) is 54.1 Å². The maximum absolute atomic E-state index is 12.3. The Hall–Kier alpha value is -2.93. The van der Waals surface area contributed by atoms with E-state index < -0.39 is 0 Å². The minimum absolute atomic E-state index is 0.117. The van der Waals surface area contributed by atoms with E-state index in [2.05, 4.69) is 32.4 Å². The number of rotatable bonds is 5. The molecule has 27 heavy (non-hydrogen) atoms. The number of amides is 1. The van der Waals surface area contributed by atoms with Gasteiger partial charge >= 0.3 is 0 Å². The van der Waals surface area contributed by atoms with Crippen LogP contribution >= 0.6 is 0 Å². The Morgan fingerprint density at radius 3 is 2.93 bits per heavy atom. The van der Waals surface area contributed by atoms with Gasteiger partial charge in [0.15, 0.2) is 5.69 Å². The van der Waals surface area contributed by atoms with Crippen molar-refractivity contribution in [2.75, 3.05) is 38.6 Å². The minimum atomic E-state index is -0.117. The fraction of sp³-hybridized carbons (Fsp3) is 0.350. The van der Waals surface area contributed by atoms with E-state index in [0.29, 0.717) is 18.8 Å². The second kappa shape index (κ2) is 7.36. The lowest BCUT2D eigenvalue weighted by Gasteiger charge is -2.29. The molecule has 140 valence electrons. The molecule has 0 unspecified atom stereocenters. The number of nitrogens with one attached hydrogen (secondary N) is 1. The molecule has 1 aromatic carbocycles. The van der Waals surface area contributed by atoms with Gasteiger partial charge in [-0.25, -0.2) is 4.98 Å². The molecule has 3 heterocycles. The minimum Gasteiger partial charge on any atom is -0.349 e. The van der Waals surface area contributed by atoms with Crippen LogP contribution in [0.25, 0.3) is 10.8 Å². The normalized spacial score (nSPS) is 13.8. The van der Waals surface area contributed by atoms with Crippen molar-refractivity contribution in [3.05, 3.63) is 54.0 Å². The van der Waals surface area contributed by atoms with E-state index in [0.717, 1.165) is 36.5 Å². The number of benzene rings is 1. The first-order chi connectivity index (χ1) is 13.1. The second-order valence-electron chi connectivity index (χ2n) is 7.08. The number of likely N-dealkylation sites (N-methyl/N-ethyl adjacent to an activating group) is 1. The summed E-state index contributed by atoms with van der Waals surface area (Å²) in [7, 11) is 3.97. The van der Waals surface area contributed by atoms with Crippen LogP contribution < -0.4 is 10.2 Å². The fourth-order valence-electron chi connectivity index (χ4n) is 3.40. The van der Waals surface area contributed by atoms with Gasteiger partial charge in [-0.05, 0) is 31.6 Å². The van der Waals surface area contributed by atoms with Crippen LogP contribution in [0.1, 0.15) is 16.2 Å². The largest absolute Gasteiger partial charge is 0.349 e. The Morgan fingerprint density at radius 2 is 2.07 bits per heavy atom. The summed E-state index contributed by atoms with van der Waals surface area (Å²) in [4.78, 5) is 21.2. The van der Waals surface area contributed by atoms with E-state index in [4.69, 9.17) is 0 Å². The van der Waals surface area contributed by atoms with Crippen molar-refractivity contribution in [1.29, 1.82) is 0 Å². The van der Waals surface area contributed by atoms with Crippen molar-refractivity contribution in [1.82, 2.24) is 25.0 Å².